The van der Waals surface area contributed by atoms with Gasteiger partial charge in [-0.25, -0.2) is 0 Å². The molecule has 1 aliphatic heterocycles. The van der Waals surface area contributed by atoms with Crippen LogP contribution in [0.1, 0.15) is 27.7 Å². The zero-order valence-electron chi connectivity index (χ0n) is 17.2. The fourth-order valence-corrected chi connectivity index (χ4v) is 2.45. The number of aromatic nitrogens is 2. The third-order valence-electron chi connectivity index (χ3n) is 4.79. The van der Waals surface area contributed by atoms with Crippen molar-refractivity contribution in [3.63, 3.8) is 0 Å². The Kier molecular flexibility index (Phi) is 8.74. The minimum absolute atomic E-state index is 0.337. The van der Waals surface area contributed by atoms with Gasteiger partial charge in [-0.2, -0.15) is 5.10 Å². The van der Waals surface area contributed by atoms with E-state index in [1.54, 1.807) is 6.20 Å². The first-order valence-corrected chi connectivity index (χ1v) is 9.48. The normalized spacial score (nSPS) is 17.6. The molecule has 0 aliphatic carbocycles. The van der Waals surface area contributed by atoms with Crippen LogP contribution in [0.2, 0.25) is 0 Å². The van der Waals surface area contributed by atoms with Gasteiger partial charge in [0.15, 0.2) is 0 Å². The summed E-state index contributed by atoms with van der Waals surface area (Å²) in [7, 11) is -0.401. The van der Waals surface area contributed by atoms with Crippen molar-refractivity contribution in [2.24, 2.45) is 5.11 Å². The van der Waals surface area contributed by atoms with E-state index < -0.39 is 7.12 Å². The summed E-state index contributed by atoms with van der Waals surface area (Å²) < 4.78 is 30.0. The maximum Gasteiger partial charge on any atom is 0.498 e. The molecule has 1 aromatic rings. The Morgan fingerprint density at radius 2 is 1.61 bits per heavy atom. The molecule has 1 fully saturated rings. The summed E-state index contributed by atoms with van der Waals surface area (Å²) in [4.78, 5) is 2.64. The van der Waals surface area contributed by atoms with Gasteiger partial charge in [0.05, 0.1) is 57.4 Å². The number of rotatable bonds is 13. The average molecular weight is 395 g/mol. The van der Waals surface area contributed by atoms with Crippen molar-refractivity contribution >= 4 is 12.6 Å². The number of ether oxygens (including phenoxy) is 3. The first-order chi connectivity index (χ1) is 13.4. The molecule has 2 heterocycles. The first-order valence-electron chi connectivity index (χ1n) is 9.48. The maximum atomic E-state index is 8.12. The van der Waals surface area contributed by atoms with Gasteiger partial charge in [0.2, 0.25) is 0 Å². The van der Waals surface area contributed by atoms with Gasteiger partial charge in [0, 0.05) is 29.3 Å². The minimum atomic E-state index is -0.401. The lowest BCUT2D eigenvalue weighted by Gasteiger charge is -2.32. The lowest BCUT2D eigenvalue weighted by atomic mass is 9.82. The van der Waals surface area contributed by atoms with Crippen LogP contribution in [-0.2, 0) is 30.1 Å². The van der Waals surface area contributed by atoms with E-state index >= 15 is 0 Å². The Labute approximate surface area is 166 Å². The van der Waals surface area contributed by atoms with Crippen LogP contribution < -0.4 is 5.46 Å². The van der Waals surface area contributed by atoms with Crippen LogP contribution in [0.3, 0.4) is 0 Å². The van der Waals surface area contributed by atoms with E-state index in [0.717, 1.165) is 5.46 Å². The summed E-state index contributed by atoms with van der Waals surface area (Å²) in [6.07, 6.45) is 3.70. The second kappa shape index (κ2) is 10.8. The van der Waals surface area contributed by atoms with Crippen molar-refractivity contribution in [2.75, 3.05) is 46.2 Å². The Bertz CT molecular complexity index is 632. The smallest absolute Gasteiger partial charge is 0.399 e. The summed E-state index contributed by atoms with van der Waals surface area (Å²) in [6, 6.07) is 0. The summed E-state index contributed by atoms with van der Waals surface area (Å²) in [5, 5.41) is 7.72. The molecular formula is C17H30BN5O5. The predicted molar refractivity (Wildman–Crippen MR) is 104 cm³/mol. The Hall–Kier alpha value is -1.62. The predicted octanol–water partition coefficient (Wildman–Crippen LogP) is 1.54. The molecule has 2 rings (SSSR count). The molecule has 1 saturated heterocycles. The highest BCUT2D eigenvalue weighted by Gasteiger charge is 2.52. The molecule has 156 valence electrons. The van der Waals surface area contributed by atoms with E-state index in [1.165, 1.54) is 0 Å². The Morgan fingerprint density at radius 3 is 2.21 bits per heavy atom. The highest BCUT2D eigenvalue weighted by Crippen LogP contribution is 2.36. The SMILES string of the molecule is CC1(C)OB(c2cnn(CCOCCOCCOCCN=[N+]=[N-])c2)OC1(C)C. The molecule has 0 radical (unpaired) electrons. The Balaban J connectivity index is 1.54. The summed E-state index contributed by atoms with van der Waals surface area (Å²) in [5.41, 5.74) is 8.30. The van der Waals surface area contributed by atoms with Crippen LogP contribution in [0.25, 0.3) is 10.4 Å². The quantitative estimate of drug-likeness (QED) is 0.165. The monoisotopic (exact) mass is 395 g/mol. The van der Waals surface area contributed by atoms with Crippen molar-refractivity contribution < 1.29 is 23.5 Å². The van der Waals surface area contributed by atoms with E-state index in [2.05, 4.69) is 15.1 Å². The zero-order valence-corrected chi connectivity index (χ0v) is 17.2. The molecule has 1 aliphatic rings. The summed E-state index contributed by atoms with van der Waals surface area (Å²) >= 11 is 0. The highest BCUT2D eigenvalue weighted by molar-refractivity contribution is 6.61. The number of azide groups is 1. The molecular weight excluding hydrogens is 365 g/mol. The third-order valence-corrected chi connectivity index (χ3v) is 4.79. The molecule has 0 unspecified atom stereocenters. The second-order valence-electron chi connectivity index (χ2n) is 7.42. The fourth-order valence-electron chi connectivity index (χ4n) is 2.45. The topological polar surface area (TPSA) is 113 Å². The molecule has 0 aromatic carbocycles. The molecule has 28 heavy (non-hydrogen) atoms. The lowest BCUT2D eigenvalue weighted by Crippen LogP contribution is -2.41. The number of hydrogen-bond acceptors (Lipinski definition) is 7. The van der Waals surface area contributed by atoms with E-state index in [0.29, 0.717) is 52.7 Å². The molecule has 0 bridgehead atoms. The molecule has 0 spiro atoms. The van der Waals surface area contributed by atoms with Gasteiger partial charge in [-0.05, 0) is 33.2 Å². The van der Waals surface area contributed by atoms with E-state index in [4.69, 9.17) is 29.1 Å². The van der Waals surface area contributed by atoms with E-state index in [9.17, 15) is 0 Å². The van der Waals surface area contributed by atoms with Gasteiger partial charge in [-0.3, -0.25) is 4.68 Å². The molecule has 10 nitrogen and oxygen atoms in total. The molecule has 0 N–H and O–H groups in total. The van der Waals surface area contributed by atoms with Crippen LogP contribution in [0.4, 0.5) is 0 Å². The van der Waals surface area contributed by atoms with Crippen LogP contribution in [0, 0.1) is 0 Å². The van der Waals surface area contributed by atoms with Crippen molar-refractivity contribution in [1.29, 1.82) is 0 Å². The average Bonchev–Trinajstić information content (AvgIpc) is 3.18. The van der Waals surface area contributed by atoms with Gasteiger partial charge in [0.1, 0.15) is 0 Å². The molecule has 0 saturated carbocycles. The van der Waals surface area contributed by atoms with Crippen LogP contribution in [0.15, 0.2) is 17.5 Å². The largest absolute Gasteiger partial charge is 0.498 e. The molecule has 11 heteroatoms. The minimum Gasteiger partial charge on any atom is -0.399 e. The van der Waals surface area contributed by atoms with Crippen LogP contribution in [-0.4, -0.2) is 74.3 Å². The van der Waals surface area contributed by atoms with Gasteiger partial charge >= 0.3 is 7.12 Å². The summed E-state index contributed by atoms with van der Waals surface area (Å²) in [6.45, 7) is 12.0. The fraction of sp³-hybridized carbons (Fsp3) is 0.824. The maximum absolute atomic E-state index is 8.12. The van der Waals surface area contributed by atoms with Crippen molar-refractivity contribution in [3.8, 4) is 0 Å². The molecule has 0 amide bonds. The molecule has 0 atom stereocenters. The van der Waals surface area contributed by atoms with Crippen LogP contribution in [0.5, 0.6) is 0 Å². The van der Waals surface area contributed by atoms with E-state index in [-0.39, 0.29) is 11.2 Å². The number of nitrogens with zero attached hydrogens (tertiary/aromatic N) is 5. The highest BCUT2D eigenvalue weighted by atomic mass is 16.7. The van der Waals surface area contributed by atoms with Gasteiger partial charge in [0.25, 0.3) is 0 Å². The number of hydrogen-bond donors (Lipinski definition) is 0. The Morgan fingerprint density at radius 1 is 1.04 bits per heavy atom. The van der Waals surface area contributed by atoms with Gasteiger partial charge in [-0.15, -0.1) is 0 Å². The standard InChI is InChI=1S/C17H30BN5O5/c1-16(2)17(3,4)28-18(27-16)15-13-21-23(14-15)6-8-25-10-12-26-11-9-24-7-5-20-22-19/h13-14H,5-12H2,1-4H3. The van der Waals surface area contributed by atoms with Crippen molar-refractivity contribution in [2.45, 2.75) is 45.4 Å². The third kappa shape index (κ3) is 6.77. The van der Waals surface area contributed by atoms with Gasteiger partial charge in [-0.1, -0.05) is 5.11 Å². The molecule has 1 aromatic heterocycles. The zero-order chi connectivity index (χ0) is 20.5. The lowest BCUT2D eigenvalue weighted by molar-refractivity contribution is 0.00578. The second-order valence-corrected chi connectivity index (χ2v) is 7.42. The van der Waals surface area contributed by atoms with E-state index in [1.807, 2.05) is 38.6 Å². The van der Waals surface area contributed by atoms with Crippen molar-refractivity contribution in [1.82, 2.24) is 9.78 Å². The van der Waals surface area contributed by atoms with Gasteiger partial charge < -0.3 is 23.5 Å². The summed E-state index contributed by atoms with van der Waals surface area (Å²) in [5.74, 6) is 0. The first kappa shape index (κ1) is 22.7. The van der Waals surface area contributed by atoms with Crippen molar-refractivity contribution in [3.05, 3.63) is 22.8 Å². The van der Waals surface area contributed by atoms with Crippen LogP contribution >= 0.6 is 0 Å².